The number of rotatable bonds is 5. The third kappa shape index (κ3) is 5.26. The van der Waals surface area contributed by atoms with Crippen LogP contribution in [0.15, 0.2) is 18.2 Å². The van der Waals surface area contributed by atoms with E-state index in [4.69, 9.17) is 11.6 Å². The van der Waals surface area contributed by atoms with Gasteiger partial charge in [-0.1, -0.05) is 11.6 Å². The number of halogens is 4. The Bertz CT molecular complexity index is 424. The lowest BCUT2D eigenvalue weighted by Gasteiger charge is -2.18. The van der Waals surface area contributed by atoms with Crippen LogP contribution in [0.2, 0.25) is 5.02 Å². The molecule has 1 atom stereocenters. The fraction of sp³-hybridized carbons (Fsp3) is 0.500. The monoisotopic (exact) mass is 296 g/mol. The maximum Gasteiger partial charge on any atom is 0.417 e. The molecule has 0 spiro atoms. The Morgan fingerprint density at radius 3 is 2.53 bits per heavy atom. The van der Waals surface area contributed by atoms with E-state index in [0.29, 0.717) is 6.54 Å². The van der Waals surface area contributed by atoms with Crippen molar-refractivity contribution in [3.8, 4) is 0 Å². The lowest BCUT2D eigenvalue weighted by Crippen LogP contribution is -2.31. The first kappa shape index (κ1) is 16.1. The minimum atomic E-state index is -4.49. The number of aliphatic hydroxyl groups is 1. The van der Waals surface area contributed by atoms with Crippen LogP contribution in [0.1, 0.15) is 5.56 Å². The molecular formula is C12H16ClF3N2O. The van der Waals surface area contributed by atoms with E-state index >= 15 is 0 Å². The van der Waals surface area contributed by atoms with Crippen LogP contribution in [-0.4, -0.2) is 43.3 Å². The topological polar surface area (TPSA) is 35.5 Å². The van der Waals surface area contributed by atoms with E-state index in [9.17, 15) is 18.3 Å². The van der Waals surface area contributed by atoms with Crippen LogP contribution in [-0.2, 0) is 6.18 Å². The first-order valence-electron chi connectivity index (χ1n) is 5.63. The van der Waals surface area contributed by atoms with Gasteiger partial charge in [0.25, 0.3) is 0 Å². The van der Waals surface area contributed by atoms with Gasteiger partial charge in [-0.3, -0.25) is 0 Å². The molecule has 0 saturated carbocycles. The molecule has 0 aliphatic rings. The number of likely N-dealkylation sites (N-methyl/N-ethyl adjacent to an activating group) is 1. The van der Waals surface area contributed by atoms with Gasteiger partial charge >= 0.3 is 6.18 Å². The number of benzene rings is 1. The largest absolute Gasteiger partial charge is 0.417 e. The van der Waals surface area contributed by atoms with Crippen molar-refractivity contribution in [2.75, 3.05) is 32.5 Å². The predicted molar refractivity (Wildman–Crippen MR) is 69.5 cm³/mol. The van der Waals surface area contributed by atoms with Gasteiger partial charge in [0.1, 0.15) is 0 Å². The Balaban J connectivity index is 2.70. The summed E-state index contributed by atoms with van der Waals surface area (Å²) >= 11 is 5.51. The minimum Gasteiger partial charge on any atom is -0.390 e. The highest BCUT2D eigenvalue weighted by atomic mass is 35.5. The summed E-state index contributed by atoms with van der Waals surface area (Å²) in [7, 11) is 3.60. The second-order valence-corrected chi connectivity index (χ2v) is 4.90. The van der Waals surface area contributed by atoms with Gasteiger partial charge in [0, 0.05) is 18.8 Å². The van der Waals surface area contributed by atoms with Crippen molar-refractivity contribution in [3.63, 3.8) is 0 Å². The smallest absolute Gasteiger partial charge is 0.390 e. The Labute approximate surface area is 115 Å². The molecule has 19 heavy (non-hydrogen) atoms. The molecule has 0 bridgehead atoms. The van der Waals surface area contributed by atoms with Crippen LogP contribution in [0.25, 0.3) is 0 Å². The Morgan fingerprint density at radius 2 is 2.00 bits per heavy atom. The highest BCUT2D eigenvalue weighted by molar-refractivity contribution is 6.31. The Morgan fingerprint density at radius 1 is 1.37 bits per heavy atom. The molecule has 0 amide bonds. The normalized spacial score (nSPS) is 13.7. The summed E-state index contributed by atoms with van der Waals surface area (Å²) in [5, 5.41) is 12.0. The quantitative estimate of drug-likeness (QED) is 0.877. The van der Waals surface area contributed by atoms with Crippen LogP contribution in [0.3, 0.4) is 0 Å². The summed E-state index contributed by atoms with van der Waals surface area (Å²) in [5.41, 5.74) is -0.615. The van der Waals surface area contributed by atoms with Crippen molar-refractivity contribution in [2.45, 2.75) is 12.3 Å². The molecule has 0 saturated heterocycles. The third-order valence-corrected chi connectivity index (χ3v) is 2.72. The van der Waals surface area contributed by atoms with E-state index in [0.717, 1.165) is 6.07 Å². The highest BCUT2D eigenvalue weighted by Crippen LogP contribution is 2.36. The van der Waals surface area contributed by atoms with Gasteiger partial charge in [0.2, 0.25) is 0 Å². The van der Waals surface area contributed by atoms with Gasteiger partial charge in [0.05, 0.1) is 16.7 Å². The lowest BCUT2D eigenvalue weighted by atomic mass is 10.2. The summed E-state index contributed by atoms with van der Waals surface area (Å²) in [5.74, 6) is 0. The van der Waals surface area contributed by atoms with Gasteiger partial charge in [-0.2, -0.15) is 13.2 Å². The molecule has 0 heterocycles. The van der Waals surface area contributed by atoms with Crippen molar-refractivity contribution >= 4 is 17.3 Å². The van der Waals surface area contributed by atoms with Gasteiger partial charge in [-0.25, -0.2) is 0 Å². The summed E-state index contributed by atoms with van der Waals surface area (Å²) in [6.45, 7) is 0.587. The molecule has 1 unspecified atom stereocenters. The maximum atomic E-state index is 12.6. The predicted octanol–water partition coefficient (Wildman–Crippen LogP) is 2.69. The number of nitrogens with zero attached hydrogens (tertiary/aromatic N) is 1. The molecule has 0 fully saturated rings. The van der Waals surface area contributed by atoms with Crippen molar-refractivity contribution in [2.24, 2.45) is 0 Å². The zero-order chi connectivity index (χ0) is 14.6. The molecule has 0 radical (unpaired) electrons. The summed E-state index contributed by atoms with van der Waals surface area (Å²) in [6.07, 6.45) is -5.16. The summed E-state index contributed by atoms with van der Waals surface area (Å²) in [6, 6.07) is 3.57. The molecule has 3 nitrogen and oxygen atoms in total. The third-order valence-electron chi connectivity index (χ3n) is 2.39. The number of nitrogens with one attached hydrogen (secondary N) is 1. The highest BCUT2D eigenvalue weighted by Gasteiger charge is 2.33. The van der Waals surface area contributed by atoms with Crippen LogP contribution < -0.4 is 5.32 Å². The number of alkyl halides is 3. The SMILES string of the molecule is CN(C)CC(O)CNc1ccc(Cl)c(C(F)(F)F)c1. The molecule has 2 N–H and O–H groups in total. The summed E-state index contributed by atoms with van der Waals surface area (Å²) in [4.78, 5) is 1.79. The molecule has 7 heteroatoms. The van der Waals surface area contributed by atoms with Crippen molar-refractivity contribution < 1.29 is 18.3 Å². The van der Waals surface area contributed by atoms with Crippen LogP contribution >= 0.6 is 11.6 Å². The summed E-state index contributed by atoms with van der Waals surface area (Å²) < 4.78 is 37.9. The van der Waals surface area contributed by atoms with E-state index in [1.54, 1.807) is 19.0 Å². The molecule has 108 valence electrons. The molecule has 1 aromatic rings. The number of hydrogen-bond donors (Lipinski definition) is 2. The molecule has 0 aliphatic carbocycles. The molecule has 1 rings (SSSR count). The number of anilines is 1. The average molecular weight is 297 g/mol. The van der Waals surface area contributed by atoms with E-state index < -0.39 is 17.8 Å². The van der Waals surface area contributed by atoms with Gasteiger partial charge in [0.15, 0.2) is 0 Å². The first-order chi connectivity index (χ1) is 8.70. The van der Waals surface area contributed by atoms with Crippen LogP contribution in [0.4, 0.5) is 18.9 Å². The number of hydrogen-bond acceptors (Lipinski definition) is 3. The average Bonchev–Trinajstić information content (AvgIpc) is 2.25. The molecule has 0 aliphatic heterocycles. The van der Waals surface area contributed by atoms with Gasteiger partial charge < -0.3 is 15.3 Å². The van der Waals surface area contributed by atoms with E-state index in [1.165, 1.54) is 12.1 Å². The standard InChI is InChI=1S/C12H16ClF3N2O/c1-18(2)7-9(19)6-17-8-3-4-11(13)10(5-8)12(14,15)16/h3-5,9,17,19H,6-7H2,1-2H3. The van der Waals surface area contributed by atoms with Crippen molar-refractivity contribution in [1.82, 2.24) is 4.90 Å². The molecule has 1 aromatic carbocycles. The Hall–Kier alpha value is -0.980. The van der Waals surface area contributed by atoms with Crippen LogP contribution in [0.5, 0.6) is 0 Å². The fourth-order valence-corrected chi connectivity index (χ4v) is 1.80. The molecular weight excluding hydrogens is 281 g/mol. The maximum absolute atomic E-state index is 12.6. The zero-order valence-corrected chi connectivity index (χ0v) is 11.4. The zero-order valence-electron chi connectivity index (χ0n) is 10.6. The number of aliphatic hydroxyl groups excluding tert-OH is 1. The fourth-order valence-electron chi connectivity index (χ4n) is 1.57. The Kier molecular flexibility index (Phi) is 5.46. The van der Waals surface area contributed by atoms with E-state index in [-0.39, 0.29) is 17.3 Å². The van der Waals surface area contributed by atoms with Gasteiger partial charge in [-0.15, -0.1) is 0 Å². The molecule has 0 aromatic heterocycles. The first-order valence-corrected chi connectivity index (χ1v) is 6.01. The van der Waals surface area contributed by atoms with E-state index in [1.807, 2.05) is 0 Å². The van der Waals surface area contributed by atoms with Crippen molar-refractivity contribution in [1.29, 1.82) is 0 Å². The second-order valence-electron chi connectivity index (χ2n) is 4.49. The minimum absolute atomic E-state index is 0.164. The van der Waals surface area contributed by atoms with E-state index in [2.05, 4.69) is 5.32 Å². The lowest BCUT2D eigenvalue weighted by molar-refractivity contribution is -0.137. The van der Waals surface area contributed by atoms with Gasteiger partial charge in [-0.05, 0) is 32.3 Å². The van der Waals surface area contributed by atoms with Crippen molar-refractivity contribution in [3.05, 3.63) is 28.8 Å². The van der Waals surface area contributed by atoms with Crippen LogP contribution in [0, 0.1) is 0 Å². The second kappa shape index (κ2) is 6.45.